The molecule has 168 valence electrons. The molecule has 0 aliphatic rings. The van der Waals surface area contributed by atoms with Crippen LogP contribution in [0, 0.1) is 6.92 Å². The Labute approximate surface area is 178 Å². The molecule has 0 unspecified atom stereocenters. The molecule has 0 atom stereocenters. The van der Waals surface area contributed by atoms with Gasteiger partial charge in [-0.05, 0) is 25.5 Å². The molecule has 4 heterocycles. The summed E-state index contributed by atoms with van der Waals surface area (Å²) in [6.45, 7) is 3.02. The molecule has 9 nitrogen and oxygen atoms in total. The molecule has 13 heteroatoms. The molecule has 0 bridgehead atoms. The highest BCUT2D eigenvalue weighted by Crippen LogP contribution is 2.34. The lowest BCUT2D eigenvalue weighted by Gasteiger charge is -2.22. The molecule has 0 aromatic carbocycles. The minimum atomic E-state index is -4.66. The van der Waals surface area contributed by atoms with Crippen molar-refractivity contribution in [1.29, 1.82) is 0 Å². The van der Waals surface area contributed by atoms with Crippen LogP contribution in [0.25, 0.3) is 39.7 Å². The van der Waals surface area contributed by atoms with Crippen molar-refractivity contribution in [1.82, 2.24) is 34.9 Å². The van der Waals surface area contributed by atoms with E-state index in [4.69, 9.17) is 5.73 Å². The van der Waals surface area contributed by atoms with Crippen molar-refractivity contribution in [2.45, 2.75) is 38.8 Å². The minimum absolute atomic E-state index is 0.0978. The quantitative estimate of drug-likeness (QED) is 0.303. The minimum Gasteiger partial charge on any atom is -0.383 e. The first kappa shape index (κ1) is 21.6. The second-order valence-electron chi connectivity index (χ2n) is 7.27. The first-order chi connectivity index (χ1) is 15.0. The summed E-state index contributed by atoms with van der Waals surface area (Å²) in [4.78, 5) is 12.9. The van der Waals surface area contributed by atoms with Crippen LogP contribution in [0.1, 0.15) is 24.6 Å². The van der Waals surface area contributed by atoms with E-state index in [1.807, 2.05) is 6.92 Å². The van der Waals surface area contributed by atoms with Crippen LogP contribution < -0.4 is 11.5 Å². The van der Waals surface area contributed by atoms with Crippen molar-refractivity contribution in [3.05, 3.63) is 29.6 Å². The molecule has 0 saturated heterocycles. The second kappa shape index (κ2) is 7.51. The summed E-state index contributed by atoms with van der Waals surface area (Å²) in [5.74, 6) is -4.17. The van der Waals surface area contributed by atoms with E-state index in [0.717, 1.165) is 4.68 Å². The highest BCUT2D eigenvalue weighted by molar-refractivity contribution is 5.94. The first-order valence-corrected chi connectivity index (χ1v) is 9.54. The predicted octanol–water partition coefficient (Wildman–Crippen LogP) is 3.27. The fourth-order valence-corrected chi connectivity index (χ4v) is 3.30. The highest BCUT2D eigenvalue weighted by Gasteiger charge is 2.52. The monoisotopic (exact) mass is 449 g/mol. The molecule has 4 aromatic rings. The lowest BCUT2D eigenvalue weighted by molar-refractivity contribution is -0.209. The topological polar surface area (TPSA) is 137 Å². The Hall–Kier alpha value is -3.61. The van der Waals surface area contributed by atoms with Crippen molar-refractivity contribution in [2.75, 3.05) is 5.73 Å². The molecule has 0 aliphatic heterocycles. The lowest BCUT2D eigenvalue weighted by atomic mass is 10.1. The SMILES string of the molecule is CC=Cc1cnc2c(c1)c(-c1nc(N)c3c(C)[nH]nc3n1)nn2CCC(F)(F)C(N)(F)F. The molecule has 0 fully saturated rings. The maximum Gasteiger partial charge on any atom is 0.362 e. The van der Waals surface area contributed by atoms with Gasteiger partial charge in [0.15, 0.2) is 17.1 Å². The number of pyridine rings is 1. The third-order valence-corrected chi connectivity index (χ3v) is 4.93. The molecular formula is C19H19F4N9. The normalized spacial score (nSPS) is 13.1. The number of nitrogen functional groups attached to an aromatic ring is 1. The van der Waals surface area contributed by atoms with E-state index in [9.17, 15) is 17.6 Å². The summed E-state index contributed by atoms with van der Waals surface area (Å²) in [6.07, 6.45) is 3.84. The zero-order valence-corrected chi connectivity index (χ0v) is 17.1. The third-order valence-electron chi connectivity index (χ3n) is 4.93. The van der Waals surface area contributed by atoms with E-state index in [1.54, 1.807) is 25.1 Å². The molecule has 4 rings (SSSR count). The van der Waals surface area contributed by atoms with Crippen LogP contribution >= 0.6 is 0 Å². The van der Waals surface area contributed by atoms with Crippen molar-refractivity contribution >= 4 is 34.0 Å². The number of nitrogens with two attached hydrogens (primary N) is 2. The van der Waals surface area contributed by atoms with Crippen LogP contribution in [0.4, 0.5) is 23.4 Å². The van der Waals surface area contributed by atoms with Crippen LogP contribution in [0.5, 0.6) is 0 Å². The van der Waals surface area contributed by atoms with Crippen LogP contribution in [-0.4, -0.2) is 46.9 Å². The van der Waals surface area contributed by atoms with Gasteiger partial charge in [0, 0.05) is 24.9 Å². The van der Waals surface area contributed by atoms with Gasteiger partial charge in [-0.2, -0.15) is 27.8 Å². The third kappa shape index (κ3) is 3.64. The van der Waals surface area contributed by atoms with Crippen molar-refractivity contribution in [2.24, 2.45) is 5.73 Å². The van der Waals surface area contributed by atoms with E-state index in [-0.39, 0.29) is 23.0 Å². The van der Waals surface area contributed by atoms with Gasteiger partial charge in [0.25, 0.3) is 0 Å². The average molecular weight is 449 g/mol. The van der Waals surface area contributed by atoms with Crippen molar-refractivity contribution in [3.8, 4) is 11.5 Å². The molecule has 0 saturated carbocycles. The van der Waals surface area contributed by atoms with Crippen molar-refractivity contribution < 1.29 is 17.6 Å². The number of anilines is 1. The van der Waals surface area contributed by atoms with Gasteiger partial charge in [0.2, 0.25) is 0 Å². The number of aryl methyl sites for hydroxylation is 2. The van der Waals surface area contributed by atoms with Gasteiger partial charge in [-0.15, -0.1) is 0 Å². The van der Waals surface area contributed by atoms with E-state index in [0.29, 0.717) is 27.7 Å². The standard InChI is InChI=1S/C19H19F4N9/c1-3-4-10-7-11-13(16-27-14(24)12-9(2)29-30-15(12)28-16)31-32(17(11)26-8-10)6-5-18(20,21)19(22,23)25/h3-4,7-8H,5-6,25H2,1-2H3,(H3,24,27,28,29,30). The zero-order valence-electron chi connectivity index (χ0n) is 17.1. The van der Waals surface area contributed by atoms with Gasteiger partial charge < -0.3 is 5.73 Å². The summed E-state index contributed by atoms with van der Waals surface area (Å²) in [5, 5.41) is 12.1. The van der Waals surface area contributed by atoms with Crippen LogP contribution in [0.15, 0.2) is 18.3 Å². The zero-order chi connectivity index (χ0) is 23.3. The van der Waals surface area contributed by atoms with E-state index < -0.39 is 24.9 Å². The Balaban J connectivity index is 1.86. The van der Waals surface area contributed by atoms with Crippen molar-refractivity contribution in [3.63, 3.8) is 0 Å². The smallest absolute Gasteiger partial charge is 0.362 e. The van der Waals surface area contributed by atoms with Gasteiger partial charge in [-0.1, -0.05) is 12.2 Å². The van der Waals surface area contributed by atoms with Gasteiger partial charge in [0.1, 0.15) is 11.5 Å². The first-order valence-electron chi connectivity index (χ1n) is 9.54. The number of aromatic amines is 1. The summed E-state index contributed by atoms with van der Waals surface area (Å²) >= 11 is 0. The summed E-state index contributed by atoms with van der Waals surface area (Å²) in [7, 11) is 0. The second-order valence-corrected chi connectivity index (χ2v) is 7.27. The van der Waals surface area contributed by atoms with Gasteiger partial charge in [0.05, 0.1) is 10.8 Å². The maximum absolute atomic E-state index is 13.7. The number of H-pyrrole nitrogens is 1. The Morgan fingerprint density at radius 1 is 1.22 bits per heavy atom. The number of nitrogens with zero attached hydrogens (tertiary/aromatic N) is 6. The molecule has 0 aliphatic carbocycles. The average Bonchev–Trinajstić information content (AvgIpc) is 3.26. The van der Waals surface area contributed by atoms with E-state index in [1.165, 1.54) is 6.20 Å². The van der Waals surface area contributed by atoms with Crippen LogP contribution in [0.2, 0.25) is 0 Å². The number of rotatable bonds is 6. The highest BCUT2D eigenvalue weighted by atomic mass is 19.3. The number of alkyl halides is 4. The molecule has 0 spiro atoms. The number of fused-ring (bicyclic) bond motifs is 2. The molecule has 0 radical (unpaired) electrons. The Kier molecular flexibility index (Phi) is 5.07. The number of halogens is 4. The Morgan fingerprint density at radius 3 is 2.66 bits per heavy atom. The lowest BCUT2D eigenvalue weighted by Crippen LogP contribution is -2.48. The van der Waals surface area contributed by atoms with E-state index >= 15 is 0 Å². The van der Waals surface area contributed by atoms with Gasteiger partial charge in [-0.25, -0.2) is 19.6 Å². The summed E-state index contributed by atoms with van der Waals surface area (Å²) < 4.78 is 54.7. The number of hydrogen-bond acceptors (Lipinski definition) is 7. The number of hydrogen-bond donors (Lipinski definition) is 3. The fraction of sp³-hybridized carbons (Fsp3) is 0.316. The van der Waals surface area contributed by atoms with Gasteiger partial charge in [-0.3, -0.25) is 10.8 Å². The summed E-state index contributed by atoms with van der Waals surface area (Å²) in [5.41, 5.74) is 12.5. The fourth-order valence-electron chi connectivity index (χ4n) is 3.30. The number of aromatic nitrogens is 7. The van der Waals surface area contributed by atoms with E-state index in [2.05, 4.69) is 36.0 Å². The Bertz CT molecular complexity index is 1330. The largest absolute Gasteiger partial charge is 0.383 e. The predicted molar refractivity (Wildman–Crippen MR) is 111 cm³/mol. The number of allylic oxidation sites excluding steroid dienone is 1. The maximum atomic E-state index is 13.7. The molecular weight excluding hydrogens is 430 g/mol. The number of nitrogens with one attached hydrogen (secondary N) is 1. The molecule has 5 N–H and O–H groups in total. The Morgan fingerprint density at radius 2 is 1.97 bits per heavy atom. The molecule has 32 heavy (non-hydrogen) atoms. The summed E-state index contributed by atoms with van der Waals surface area (Å²) in [6, 6.07) is -2.94. The molecule has 0 amide bonds. The van der Waals surface area contributed by atoms with Crippen LogP contribution in [-0.2, 0) is 6.54 Å². The van der Waals surface area contributed by atoms with Gasteiger partial charge >= 0.3 is 12.0 Å². The van der Waals surface area contributed by atoms with Crippen LogP contribution in [0.3, 0.4) is 0 Å². The molecule has 4 aromatic heterocycles.